The van der Waals surface area contributed by atoms with Crippen molar-refractivity contribution in [1.82, 2.24) is 0 Å². The number of carboxylic acid groups (broad SMARTS) is 1. The Hall–Kier alpha value is -0.930. The first-order valence-electron chi connectivity index (χ1n) is 6.67. The van der Waals surface area contributed by atoms with Crippen LogP contribution in [0.1, 0.15) is 17.3 Å². The summed E-state index contributed by atoms with van der Waals surface area (Å²) in [6.45, 7) is 2.02. The first kappa shape index (κ1) is 20.1. The summed E-state index contributed by atoms with van der Waals surface area (Å²) in [5.41, 5.74) is 5.24. The maximum absolute atomic E-state index is 14.2. The molecule has 0 saturated heterocycles. The number of rotatable bonds is 5. The first-order chi connectivity index (χ1) is 10.4. The number of nitrogens with two attached hydrogens (primary N) is 1. The summed E-state index contributed by atoms with van der Waals surface area (Å²) in [4.78, 5) is 37.3. The number of halogens is 1. The number of carbonyl (C=O) groups is 3. The number of Topliss-reactive ketones (excluding diaryl/α,β-unsaturated/α-hetero) is 1. The van der Waals surface area contributed by atoms with Gasteiger partial charge in [0.25, 0.3) is 0 Å². The third kappa shape index (κ3) is 3.61. The molecular formula is C14H15FN2NaO4S. The molecule has 1 atom stereocenters. The van der Waals surface area contributed by atoms with Crippen molar-refractivity contribution in [1.29, 1.82) is 0 Å². The van der Waals surface area contributed by atoms with Crippen molar-refractivity contribution in [2.24, 2.45) is 11.7 Å². The van der Waals surface area contributed by atoms with Crippen molar-refractivity contribution < 1.29 is 23.9 Å². The van der Waals surface area contributed by atoms with Gasteiger partial charge in [-0.2, -0.15) is 0 Å². The number of nitrogens with zero attached hydrogens (tertiary/aromatic N) is 1. The van der Waals surface area contributed by atoms with Crippen LogP contribution >= 0.6 is 11.8 Å². The van der Waals surface area contributed by atoms with Crippen molar-refractivity contribution in [3.8, 4) is 0 Å². The van der Waals surface area contributed by atoms with Gasteiger partial charge in [0.1, 0.15) is 5.82 Å². The van der Waals surface area contributed by atoms with Gasteiger partial charge in [-0.1, -0.05) is 0 Å². The van der Waals surface area contributed by atoms with Gasteiger partial charge < -0.3 is 15.7 Å². The number of fused-ring (bicyclic) bond motifs is 1. The fourth-order valence-corrected chi connectivity index (χ4v) is 3.24. The molecule has 3 N–H and O–H groups in total. The molecule has 1 aliphatic heterocycles. The van der Waals surface area contributed by atoms with Crippen LogP contribution in [0.25, 0.3) is 0 Å². The van der Waals surface area contributed by atoms with Crippen molar-refractivity contribution in [2.45, 2.75) is 11.8 Å². The van der Waals surface area contributed by atoms with Crippen molar-refractivity contribution in [3.63, 3.8) is 0 Å². The molecule has 0 bridgehead atoms. The molecule has 0 aromatic heterocycles. The Kier molecular flexibility index (Phi) is 7.22. The summed E-state index contributed by atoms with van der Waals surface area (Å²) >= 11 is 1.23. The number of thioether (sulfide) groups is 1. The summed E-state index contributed by atoms with van der Waals surface area (Å²) < 4.78 is 14.2. The van der Waals surface area contributed by atoms with E-state index in [0.717, 1.165) is 4.90 Å². The van der Waals surface area contributed by atoms with Gasteiger partial charge in [-0.3, -0.25) is 14.4 Å². The van der Waals surface area contributed by atoms with Crippen LogP contribution in [0.4, 0.5) is 10.1 Å². The topological polar surface area (TPSA) is 101 Å². The molecule has 6 nitrogen and oxygen atoms in total. The number of anilines is 1. The monoisotopic (exact) mass is 349 g/mol. The van der Waals surface area contributed by atoms with Crippen LogP contribution in [0.5, 0.6) is 0 Å². The average Bonchev–Trinajstić information content (AvgIpc) is 2.47. The summed E-state index contributed by atoms with van der Waals surface area (Å²) in [6.07, 6.45) is 0. The molecule has 1 unspecified atom stereocenters. The second-order valence-electron chi connectivity index (χ2n) is 4.62. The van der Waals surface area contributed by atoms with E-state index in [0.29, 0.717) is 17.2 Å². The molecule has 119 valence electrons. The maximum Gasteiger partial charge on any atom is 0.324 e. The number of hydrogen-bond acceptors (Lipinski definition) is 5. The quantitative estimate of drug-likeness (QED) is 0.462. The molecule has 9 heteroatoms. The zero-order valence-electron chi connectivity index (χ0n) is 12.8. The smallest absolute Gasteiger partial charge is 0.324 e. The van der Waals surface area contributed by atoms with Gasteiger partial charge in [-0.05, 0) is 19.1 Å². The number of hydrogen-bond donors (Lipinski definition) is 2. The van der Waals surface area contributed by atoms with Crippen LogP contribution in [0.15, 0.2) is 17.0 Å². The van der Waals surface area contributed by atoms with Gasteiger partial charge in [-0.15, -0.1) is 11.8 Å². The van der Waals surface area contributed by atoms with Crippen LogP contribution in [0.2, 0.25) is 0 Å². The molecule has 0 aliphatic carbocycles. The van der Waals surface area contributed by atoms with E-state index in [1.807, 2.05) is 0 Å². The van der Waals surface area contributed by atoms with E-state index in [4.69, 9.17) is 10.8 Å². The Morgan fingerprint density at radius 2 is 2.09 bits per heavy atom. The van der Waals surface area contributed by atoms with Crippen molar-refractivity contribution in [2.75, 3.05) is 23.7 Å². The average molecular weight is 349 g/mol. The second-order valence-corrected chi connectivity index (χ2v) is 5.76. The number of ketones is 1. The van der Waals surface area contributed by atoms with E-state index >= 15 is 0 Å². The Morgan fingerprint density at radius 1 is 1.43 bits per heavy atom. The molecule has 0 spiro atoms. The number of carboxylic acids is 1. The maximum atomic E-state index is 14.2. The zero-order chi connectivity index (χ0) is 16.4. The zero-order valence-corrected chi connectivity index (χ0v) is 15.7. The summed E-state index contributed by atoms with van der Waals surface area (Å²) in [7, 11) is 0. The number of benzene rings is 1. The Labute approximate surface area is 158 Å². The molecule has 2 rings (SSSR count). The van der Waals surface area contributed by atoms with Gasteiger partial charge in [0, 0.05) is 53.3 Å². The summed E-state index contributed by atoms with van der Waals surface area (Å²) in [6, 6.07) is 2.58. The van der Waals surface area contributed by atoms with Gasteiger partial charge in [-0.25, -0.2) is 4.39 Å². The minimum absolute atomic E-state index is 0. The molecule has 1 aromatic carbocycles. The van der Waals surface area contributed by atoms with Gasteiger partial charge in [0.05, 0.1) is 11.3 Å². The van der Waals surface area contributed by atoms with Crippen LogP contribution in [-0.2, 0) is 9.59 Å². The van der Waals surface area contributed by atoms with Crippen molar-refractivity contribution in [3.05, 3.63) is 23.5 Å². The number of carbonyl (C=O) groups excluding carboxylic acids is 2. The predicted molar refractivity (Wildman–Crippen MR) is 85.4 cm³/mol. The van der Waals surface area contributed by atoms with Crippen LogP contribution in [0, 0.1) is 11.7 Å². The van der Waals surface area contributed by atoms with Gasteiger partial charge >= 0.3 is 5.97 Å². The van der Waals surface area contributed by atoms with E-state index in [9.17, 15) is 18.8 Å². The van der Waals surface area contributed by atoms with E-state index in [-0.39, 0.29) is 47.4 Å². The standard InChI is InChI=1S/C14H15FN2O4S.Na/c1-2-17-11-7(15)3-4-8(22-6-5-16)9(11)12(18)10(13(17)19)14(20)21;/h3-4,10H,2,5-6,16H2,1H3,(H,20,21);. The van der Waals surface area contributed by atoms with Crippen molar-refractivity contribution >= 4 is 64.7 Å². The summed E-state index contributed by atoms with van der Waals surface area (Å²) in [5.74, 6) is -5.38. The molecule has 0 fully saturated rings. The van der Waals surface area contributed by atoms with E-state index in [1.165, 1.54) is 23.9 Å². The molecule has 23 heavy (non-hydrogen) atoms. The molecule has 0 saturated carbocycles. The Morgan fingerprint density at radius 3 is 2.61 bits per heavy atom. The second kappa shape index (κ2) is 8.25. The third-order valence-corrected chi connectivity index (χ3v) is 4.41. The molecule has 1 aliphatic rings. The molecular weight excluding hydrogens is 334 g/mol. The predicted octanol–water partition coefficient (Wildman–Crippen LogP) is 0.746. The molecule has 1 radical (unpaired) electrons. The van der Waals surface area contributed by atoms with E-state index in [1.54, 1.807) is 6.92 Å². The molecule has 1 aromatic rings. The molecule has 1 amide bonds. The first-order valence-corrected chi connectivity index (χ1v) is 7.66. The van der Waals surface area contributed by atoms with Crippen LogP contribution in [0.3, 0.4) is 0 Å². The third-order valence-electron chi connectivity index (χ3n) is 3.32. The van der Waals surface area contributed by atoms with E-state index < -0.39 is 29.4 Å². The fourth-order valence-electron chi connectivity index (χ4n) is 2.39. The van der Waals surface area contributed by atoms with Gasteiger partial charge in [0.2, 0.25) is 5.91 Å². The van der Waals surface area contributed by atoms with Crippen LogP contribution < -0.4 is 10.6 Å². The fraction of sp³-hybridized carbons (Fsp3) is 0.357. The van der Waals surface area contributed by atoms with Gasteiger partial charge in [0.15, 0.2) is 11.7 Å². The van der Waals surface area contributed by atoms with Crippen LogP contribution in [-0.4, -0.2) is 71.2 Å². The minimum atomic E-state index is -1.83. The SMILES string of the molecule is CCN1C(=O)C(C(=O)O)C(=O)c2c(SCCN)ccc(F)c21.[Na]. The normalized spacial score (nSPS) is 16.8. The largest absolute Gasteiger partial charge is 0.480 e. The van der Waals surface area contributed by atoms with E-state index in [2.05, 4.69) is 0 Å². The Bertz CT molecular complexity index is 656. The summed E-state index contributed by atoms with van der Waals surface area (Å²) in [5, 5.41) is 9.17. The number of aliphatic carboxylic acids is 1. The minimum Gasteiger partial charge on any atom is -0.480 e. The molecule has 1 heterocycles. The Balaban J connectivity index is 0.00000264. The number of amides is 1.